The highest BCUT2D eigenvalue weighted by atomic mass is 35.5. The molecule has 0 spiro atoms. The van der Waals surface area contributed by atoms with E-state index >= 15 is 0 Å². The molecular weight excluding hydrogens is 548 g/mol. The summed E-state index contributed by atoms with van der Waals surface area (Å²) >= 11 is 7.87. The number of hydrogen-bond acceptors (Lipinski definition) is 7. The van der Waals surface area contributed by atoms with Crippen LogP contribution in [0.25, 0.3) is 6.08 Å². The van der Waals surface area contributed by atoms with E-state index in [1.54, 1.807) is 29.9 Å². The summed E-state index contributed by atoms with van der Waals surface area (Å²) in [4.78, 5) is 32.0. The van der Waals surface area contributed by atoms with Crippen molar-refractivity contribution in [2.24, 2.45) is 4.99 Å². The molecule has 0 saturated heterocycles. The van der Waals surface area contributed by atoms with Crippen LogP contribution in [-0.2, 0) is 16.1 Å². The van der Waals surface area contributed by atoms with Crippen LogP contribution in [0.3, 0.4) is 0 Å². The van der Waals surface area contributed by atoms with Crippen molar-refractivity contribution < 1.29 is 19.0 Å². The summed E-state index contributed by atoms with van der Waals surface area (Å²) in [5, 5.41) is 0.359. The summed E-state index contributed by atoms with van der Waals surface area (Å²) < 4.78 is 18.7. The molecular formula is C31H27ClN2O5S. The largest absolute Gasteiger partial charge is 0.493 e. The van der Waals surface area contributed by atoms with Crippen molar-refractivity contribution in [3.63, 3.8) is 0 Å². The fraction of sp³-hybridized carbons (Fsp3) is 0.194. The van der Waals surface area contributed by atoms with E-state index in [0.29, 0.717) is 55.7 Å². The first-order chi connectivity index (χ1) is 19.4. The number of esters is 1. The van der Waals surface area contributed by atoms with E-state index in [2.05, 4.69) is 0 Å². The van der Waals surface area contributed by atoms with Crippen LogP contribution in [0.4, 0.5) is 0 Å². The predicted molar refractivity (Wildman–Crippen MR) is 156 cm³/mol. The Bertz CT molecular complexity index is 1760. The first-order valence-corrected chi connectivity index (χ1v) is 13.9. The molecule has 0 radical (unpaired) electrons. The van der Waals surface area contributed by atoms with Gasteiger partial charge in [0.25, 0.3) is 5.56 Å². The van der Waals surface area contributed by atoms with Gasteiger partial charge in [0.15, 0.2) is 16.3 Å². The summed E-state index contributed by atoms with van der Waals surface area (Å²) in [6.07, 6.45) is 2.25. The second-order valence-electron chi connectivity index (χ2n) is 9.01. The number of benzene rings is 3. The molecule has 0 aliphatic carbocycles. The lowest BCUT2D eigenvalue weighted by molar-refractivity contribution is -0.136. The Hall–Kier alpha value is -4.14. The number of allylic oxidation sites excluding steroid dienone is 1. The number of rotatable bonds is 8. The van der Waals surface area contributed by atoms with Crippen LogP contribution in [-0.4, -0.2) is 24.8 Å². The van der Waals surface area contributed by atoms with Crippen molar-refractivity contribution in [1.82, 2.24) is 4.57 Å². The molecule has 1 atom stereocenters. The van der Waals surface area contributed by atoms with Gasteiger partial charge in [-0.3, -0.25) is 9.36 Å². The zero-order chi connectivity index (χ0) is 28.2. The summed E-state index contributed by atoms with van der Waals surface area (Å²) in [6, 6.07) is 22.0. The average Bonchev–Trinajstić information content (AvgIpc) is 3.29. The number of halogens is 1. The zero-order valence-corrected chi connectivity index (χ0v) is 23.8. The lowest BCUT2D eigenvalue weighted by atomic mass is 9.95. The minimum atomic E-state index is -0.658. The second kappa shape index (κ2) is 11.9. The Kier molecular flexibility index (Phi) is 8.19. The maximum absolute atomic E-state index is 13.8. The van der Waals surface area contributed by atoms with Crippen LogP contribution in [0.5, 0.6) is 11.5 Å². The van der Waals surface area contributed by atoms with Gasteiger partial charge in [-0.15, -0.1) is 0 Å². The Labute approximate surface area is 240 Å². The van der Waals surface area contributed by atoms with Crippen molar-refractivity contribution in [2.45, 2.75) is 26.0 Å². The van der Waals surface area contributed by atoms with Gasteiger partial charge in [-0.05, 0) is 41.3 Å². The molecule has 0 N–H and O–H groups in total. The number of carbonyl (C=O) groups excluding carboxylic acids is 1. The van der Waals surface area contributed by atoms with Gasteiger partial charge in [0.2, 0.25) is 0 Å². The molecule has 2 heterocycles. The van der Waals surface area contributed by atoms with Crippen LogP contribution >= 0.6 is 22.9 Å². The van der Waals surface area contributed by atoms with Crippen LogP contribution in [0.15, 0.2) is 93.9 Å². The van der Waals surface area contributed by atoms with E-state index in [0.717, 1.165) is 11.1 Å². The predicted octanol–water partition coefficient (Wildman–Crippen LogP) is 5.04. The quantitative estimate of drug-likeness (QED) is 0.276. The smallest absolute Gasteiger partial charge is 0.338 e. The maximum Gasteiger partial charge on any atom is 0.338 e. The van der Waals surface area contributed by atoms with Gasteiger partial charge < -0.3 is 14.2 Å². The van der Waals surface area contributed by atoms with E-state index in [1.807, 2.05) is 67.6 Å². The van der Waals surface area contributed by atoms with Crippen LogP contribution < -0.4 is 24.4 Å². The number of carbonyl (C=O) groups is 1. The third kappa shape index (κ3) is 5.33. The lowest BCUT2D eigenvalue weighted by Gasteiger charge is -2.25. The molecule has 204 valence electrons. The van der Waals surface area contributed by atoms with Gasteiger partial charge in [-0.25, -0.2) is 9.79 Å². The van der Waals surface area contributed by atoms with E-state index in [-0.39, 0.29) is 5.56 Å². The number of aromatic nitrogens is 1. The molecule has 7 nitrogen and oxygen atoms in total. The topological polar surface area (TPSA) is 79.1 Å². The molecule has 40 heavy (non-hydrogen) atoms. The zero-order valence-electron chi connectivity index (χ0n) is 22.2. The third-order valence-corrected chi connectivity index (χ3v) is 7.80. The number of thiazole rings is 1. The number of fused-ring (bicyclic) bond motifs is 1. The van der Waals surface area contributed by atoms with Crippen LogP contribution in [0.1, 0.15) is 36.1 Å². The fourth-order valence-electron chi connectivity index (χ4n) is 4.66. The Morgan fingerprint density at radius 2 is 1.77 bits per heavy atom. The maximum atomic E-state index is 13.8. The molecule has 0 saturated carbocycles. The van der Waals surface area contributed by atoms with E-state index in [1.165, 1.54) is 18.4 Å². The van der Waals surface area contributed by atoms with Crippen LogP contribution in [0.2, 0.25) is 5.02 Å². The highest BCUT2D eigenvalue weighted by molar-refractivity contribution is 7.07. The van der Waals surface area contributed by atoms with Gasteiger partial charge in [0.05, 0.1) is 41.1 Å². The van der Waals surface area contributed by atoms with Crippen LogP contribution in [0, 0.1) is 0 Å². The lowest BCUT2D eigenvalue weighted by Crippen LogP contribution is -2.40. The standard InChI is InChI=1S/C31H27ClN2O5S/c1-4-23-26(30(36)38-3)27(21-13-9-6-10-14-21)34-29(35)25(40-31(34)33-23)17-20-15-22(32)28(24(16-20)37-2)39-18-19-11-7-5-8-12-19/h5-17,27H,4,18H2,1-3H3/b25-17-/t27-/m1/s1. The molecule has 9 heteroatoms. The molecule has 0 fully saturated rings. The molecule has 5 rings (SSSR count). The highest BCUT2D eigenvalue weighted by Gasteiger charge is 2.33. The van der Waals surface area contributed by atoms with Crippen molar-refractivity contribution in [3.8, 4) is 11.5 Å². The molecule has 0 unspecified atom stereocenters. The van der Waals surface area contributed by atoms with Crippen molar-refractivity contribution in [1.29, 1.82) is 0 Å². The number of hydrogen-bond donors (Lipinski definition) is 0. The Balaban J connectivity index is 1.60. The van der Waals surface area contributed by atoms with Crippen molar-refractivity contribution >= 4 is 35.0 Å². The van der Waals surface area contributed by atoms with E-state index < -0.39 is 12.0 Å². The second-order valence-corrected chi connectivity index (χ2v) is 10.4. The fourth-order valence-corrected chi connectivity index (χ4v) is 5.95. The summed E-state index contributed by atoms with van der Waals surface area (Å²) in [5.41, 5.74) is 3.14. The summed E-state index contributed by atoms with van der Waals surface area (Å²) in [7, 11) is 2.87. The molecule has 0 bridgehead atoms. The molecule has 0 amide bonds. The monoisotopic (exact) mass is 574 g/mol. The molecule has 1 aliphatic heterocycles. The first kappa shape index (κ1) is 27.4. The third-order valence-electron chi connectivity index (χ3n) is 6.54. The molecule has 1 aromatic heterocycles. The van der Waals surface area contributed by atoms with Crippen molar-refractivity contribution in [3.05, 3.63) is 125 Å². The minimum absolute atomic E-state index is 0.270. The van der Waals surface area contributed by atoms with Gasteiger partial charge in [0.1, 0.15) is 6.61 Å². The average molecular weight is 575 g/mol. The number of nitrogens with zero attached hydrogens (tertiary/aromatic N) is 2. The van der Waals surface area contributed by atoms with Crippen molar-refractivity contribution in [2.75, 3.05) is 14.2 Å². The highest BCUT2D eigenvalue weighted by Crippen LogP contribution is 2.37. The summed E-state index contributed by atoms with van der Waals surface area (Å²) in [5.74, 6) is 0.364. The SMILES string of the molecule is CCC1=C(C(=O)OC)[C@@H](c2ccccc2)n2c(s/c(=C\c3cc(Cl)c(OCc4ccccc4)c(OC)c3)c2=O)=N1. The molecule has 4 aromatic rings. The molecule has 3 aromatic carbocycles. The van der Waals surface area contributed by atoms with Gasteiger partial charge >= 0.3 is 5.97 Å². The number of ether oxygens (including phenoxy) is 3. The number of methoxy groups -OCH3 is 2. The summed E-state index contributed by atoms with van der Waals surface area (Å²) in [6.45, 7) is 2.25. The molecule has 1 aliphatic rings. The van der Waals surface area contributed by atoms with E-state index in [9.17, 15) is 9.59 Å². The first-order valence-electron chi connectivity index (χ1n) is 12.7. The Morgan fingerprint density at radius 3 is 2.42 bits per heavy atom. The normalized spacial score (nSPS) is 14.9. The van der Waals surface area contributed by atoms with Gasteiger partial charge in [-0.2, -0.15) is 0 Å². The van der Waals surface area contributed by atoms with Gasteiger partial charge in [-0.1, -0.05) is 90.5 Å². The van der Waals surface area contributed by atoms with E-state index in [4.69, 9.17) is 30.8 Å². The minimum Gasteiger partial charge on any atom is -0.493 e. The van der Waals surface area contributed by atoms with Gasteiger partial charge in [0, 0.05) is 0 Å². The Morgan fingerprint density at radius 1 is 1.07 bits per heavy atom.